The fourth-order valence-electron chi connectivity index (χ4n) is 1.82. The summed E-state index contributed by atoms with van der Waals surface area (Å²) in [6, 6.07) is 5.43. The summed E-state index contributed by atoms with van der Waals surface area (Å²) in [6.45, 7) is 2.60. The summed E-state index contributed by atoms with van der Waals surface area (Å²) in [5, 5.41) is 2.86. The van der Waals surface area contributed by atoms with Crippen molar-refractivity contribution in [3.8, 4) is 0 Å². The summed E-state index contributed by atoms with van der Waals surface area (Å²) in [5.74, 6) is -0.0645. The summed E-state index contributed by atoms with van der Waals surface area (Å²) in [6.07, 6.45) is 1.47. The maximum atomic E-state index is 11.8. The van der Waals surface area contributed by atoms with E-state index in [9.17, 15) is 4.79 Å². The van der Waals surface area contributed by atoms with E-state index in [4.69, 9.17) is 10.5 Å². The van der Waals surface area contributed by atoms with E-state index in [1.165, 1.54) is 0 Å². The van der Waals surface area contributed by atoms with Crippen LogP contribution >= 0.6 is 0 Å². The number of carbonyl (C=O) groups excluding carboxylic acids is 1. The molecule has 1 atom stereocenters. The number of hydrogen-bond acceptors (Lipinski definition) is 3. The molecular formula is C12H16N2O2. The minimum Gasteiger partial charge on any atom is -0.399 e. The number of carbonyl (C=O) groups is 1. The maximum Gasteiger partial charge on any atom is 0.253 e. The van der Waals surface area contributed by atoms with Gasteiger partial charge in [0.15, 0.2) is 0 Å². The van der Waals surface area contributed by atoms with E-state index in [0.29, 0.717) is 12.3 Å². The molecule has 3 N–H and O–H groups in total. The Bertz CT molecular complexity index is 398. The van der Waals surface area contributed by atoms with Gasteiger partial charge in [0, 0.05) is 18.0 Å². The highest BCUT2D eigenvalue weighted by Crippen LogP contribution is 2.20. The molecule has 0 aliphatic carbocycles. The number of ether oxygens (including phenoxy) is 1. The average Bonchev–Trinajstić information content (AvgIpc) is 2.75. The topological polar surface area (TPSA) is 64.3 Å². The predicted octanol–water partition coefficient (Wildman–Crippen LogP) is 1.69. The fraction of sp³-hybridized carbons (Fsp3) is 0.417. The van der Waals surface area contributed by atoms with E-state index < -0.39 is 0 Å². The Morgan fingerprint density at radius 1 is 1.56 bits per heavy atom. The Hall–Kier alpha value is -1.55. The van der Waals surface area contributed by atoms with Crippen LogP contribution in [0.5, 0.6) is 0 Å². The standard InChI is InChI=1S/C12H16N2O2/c1-8-7-9(13)4-5-10(8)14-12(15)11-3-2-6-16-11/h4-5,7,11H,2-3,6,13H2,1H3,(H,14,15)/t11-/m0/s1. The smallest absolute Gasteiger partial charge is 0.253 e. The van der Waals surface area contributed by atoms with Gasteiger partial charge in [0.05, 0.1) is 0 Å². The van der Waals surface area contributed by atoms with Crippen molar-refractivity contribution in [2.24, 2.45) is 0 Å². The second-order valence-corrected chi connectivity index (χ2v) is 4.07. The maximum absolute atomic E-state index is 11.8. The highest BCUT2D eigenvalue weighted by molar-refractivity contribution is 5.95. The number of rotatable bonds is 2. The molecule has 0 unspecified atom stereocenters. The van der Waals surface area contributed by atoms with Crippen molar-refractivity contribution in [1.82, 2.24) is 0 Å². The Kier molecular flexibility index (Phi) is 3.10. The molecule has 1 amide bonds. The van der Waals surface area contributed by atoms with Gasteiger partial charge in [-0.3, -0.25) is 4.79 Å². The van der Waals surface area contributed by atoms with Crippen LogP contribution in [0.1, 0.15) is 18.4 Å². The normalized spacial score (nSPS) is 19.7. The van der Waals surface area contributed by atoms with Gasteiger partial charge in [0.1, 0.15) is 6.10 Å². The van der Waals surface area contributed by atoms with Gasteiger partial charge in [-0.25, -0.2) is 0 Å². The molecular weight excluding hydrogens is 204 g/mol. The Morgan fingerprint density at radius 2 is 2.38 bits per heavy atom. The molecule has 1 saturated heterocycles. The van der Waals surface area contributed by atoms with Crippen molar-refractivity contribution in [1.29, 1.82) is 0 Å². The molecule has 0 bridgehead atoms. The molecule has 1 aromatic carbocycles. The molecule has 1 aromatic rings. The summed E-state index contributed by atoms with van der Waals surface area (Å²) < 4.78 is 5.31. The minimum atomic E-state index is -0.294. The number of benzene rings is 1. The second-order valence-electron chi connectivity index (χ2n) is 4.07. The zero-order chi connectivity index (χ0) is 11.5. The molecule has 86 valence electrons. The first-order chi connectivity index (χ1) is 7.66. The molecule has 4 nitrogen and oxygen atoms in total. The lowest BCUT2D eigenvalue weighted by atomic mass is 10.1. The lowest BCUT2D eigenvalue weighted by Crippen LogP contribution is -2.27. The van der Waals surface area contributed by atoms with Gasteiger partial charge in [0.25, 0.3) is 5.91 Å². The first-order valence-corrected chi connectivity index (χ1v) is 5.45. The van der Waals surface area contributed by atoms with E-state index in [1.807, 2.05) is 19.1 Å². The number of nitrogens with two attached hydrogens (primary N) is 1. The third-order valence-corrected chi connectivity index (χ3v) is 2.73. The Balaban J connectivity index is 2.05. The average molecular weight is 220 g/mol. The van der Waals surface area contributed by atoms with Crippen molar-refractivity contribution in [3.63, 3.8) is 0 Å². The van der Waals surface area contributed by atoms with Crippen LogP contribution in [0, 0.1) is 6.92 Å². The van der Waals surface area contributed by atoms with Crippen molar-refractivity contribution >= 4 is 17.3 Å². The van der Waals surface area contributed by atoms with E-state index in [2.05, 4.69) is 5.32 Å². The third kappa shape index (κ3) is 2.33. The summed E-state index contributed by atoms with van der Waals surface area (Å²) in [5.41, 5.74) is 8.11. The first kappa shape index (κ1) is 11.0. The van der Waals surface area contributed by atoms with Crippen LogP contribution in [-0.4, -0.2) is 18.6 Å². The molecule has 4 heteroatoms. The van der Waals surface area contributed by atoms with Gasteiger partial charge in [0.2, 0.25) is 0 Å². The molecule has 1 fully saturated rings. The van der Waals surface area contributed by atoms with Gasteiger partial charge in [-0.1, -0.05) is 0 Å². The summed E-state index contributed by atoms with van der Waals surface area (Å²) in [7, 11) is 0. The Morgan fingerprint density at radius 3 is 3.00 bits per heavy atom. The van der Waals surface area contributed by atoms with Crippen molar-refractivity contribution in [2.75, 3.05) is 17.7 Å². The van der Waals surface area contributed by atoms with Crippen LogP contribution in [-0.2, 0) is 9.53 Å². The van der Waals surface area contributed by atoms with Crippen LogP contribution in [0.3, 0.4) is 0 Å². The zero-order valence-corrected chi connectivity index (χ0v) is 9.32. The van der Waals surface area contributed by atoms with Crippen LogP contribution in [0.15, 0.2) is 18.2 Å². The monoisotopic (exact) mass is 220 g/mol. The van der Waals surface area contributed by atoms with Crippen LogP contribution in [0.25, 0.3) is 0 Å². The van der Waals surface area contributed by atoms with Gasteiger partial charge < -0.3 is 15.8 Å². The summed E-state index contributed by atoms with van der Waals surface area (Å²) in [4.78, 5) is 11.8. The quantitative estimate of drug-likeness (QED) is 0.745. The minimum absolute atomic E-state index is 0.0645. The molecule has 1 aliphatic rings. The van der Waals surface area contributed by atoms with Crippen LogP contribution in [0.2, 0.25) is 0 Å². The van der Waals surface area contributed by atoms with E-state index in [-0.39, 0.29) is 12.0 Å². The van der Waals surface area contributed by atoms with Gasteiger partial charge in [-0.05, 0) is 43.5 Å². The molecule has 0 saturated carbocycles. The van der Waals surface area contributed by atoms with Crippen molar-refractivity contribution in [3.05, 3.63) is 23.8 Å². The third-order valence-electron chi connectivity index (χ3n) is 2.73. The molecule has 1 heterocycles. The number of amides is 1. The van der Waals surface area contributed by atoms with Crippen molar-refractivity contribution in [2.45, 2.75) is 25.9 Å². The van der Waals surface area contributed by atoms with Gasteiger partial charge in [-0.2, -0.15) is 0 Å². The molecule has 0 radical (unpaired) electrons. The molecule has 16 heavy (non-hydrogen) atoms. The number of aryl methyl sites for hydroxylation is 1. The Labute approximate surface area is 94.8 Å². The molecule has 0 aromatic heterocycles. The highest BCUT2D eigenvalue weighted by Gasteiger charge is 2.23. The number of nitrogens with one attached hydrogen (secondary N) is 1. The predicted molar refractivity (Wildman–Crippen MR) is 63.2 cm³/mol. The van der Waals surface area contributed by atoms with E-state index in [1.54, 1.807) is 6.07 Å². The summed E-state index contributed by atoms with van der Waals surface area (Å²) >= 11 is 0. The van der Waals surface area contributed by atoms with Gasteiger partial charge in [-0.15, -0.1) is 0 Å². The molecule has 1 aliphatic heterocycles. The number of hydrogen-bond donors (Lipinski definition) is 2. The first-order valence-electron chi connectivity index (χ1n) is 5.45. The fourth-order valence-corrected chi connectivity index (χ4v) is 1.82. The zero-order valence-electron chi connectivity index (χ0n) is 9.32. The number of anilines is 2. The largest absolute Gasteiger partial charge is 0.399 e. The van der Waals surface area contributed by atoms with E-state index >= 15 is 0 Å². The van der Waals surface area contributed by atoms with Crippen molar-refractivity contribution < 1.29 is 9.53 Å². The van der Waals surface area contributed by atoms with Gasteiger partial charge >= 0.3 is 0 Å². The van der Waals surface area contributed by atoms with Crippen LogP contribution in [0.4, 0.5) is 11.4 Å². The van der Waals surface area contributed by atoms with Crippen LogP contribution < -0.4 is 11.1 Å². The highest BCUT2D eigenvalue weighted by atomic mass is 16.5. The van der Waals surface area contributed by atoms with E-state index in [0.717, 1.165) is 24.1 Å². The SMILES string of the molecule is Cc1cc(N)ccc1NC(=O)[C@@H]1CCCO1. The number of nitrogen functional groups attached to an aromatic ring is 1. The lowest BCUT2D eigenvalue weighted by molar-refractivity contribution is -0.124. The second kappa shape index (κ2) is 4.53. The molecule has 2 rings (SSSR count). The molecule has 0 spiro atoms. The lowest BCUT2D eigenvalue weighted by Gasteiger charge is -2.12.